The highest BCUT2D eigenvalue weighted by molar-refractivity contribution is 14.1. The molecule has 0 unspecified atom stereocenters. The number of aromatic nitrogens is 2. The van der Waals surface area contributed by atoms with Crippen LogP contribution in [-0.2, 0) is 11.8 Å². The Morgan fingerprint density at radius 1 is 1.77 bits per heavy atom. The zero-order valence-corrected chi connectivity index (χ0v) is 9.53. The molecule has 1 aromatic rings. The van der Waals surface area contributed by atoms with Gasteiger partial charge < -0.3 is 10.5 Å². The molecule has 13 heavy (non-hydrogen) atoms. The minimum atomic E-state index is -0.419. The van der Waals surface area contributed by atoms with E-state index < -0.39 is 5.97 Å². The van der Waals surface area contributed by atoms with Crippen LogP contribution in [0.1, 0.15) is 17.3 Å². The number of carbonyl (C=O) groups excluding carboxylic acids is 1. The van der Waals surface area contributed by atoms with E-state index in [1.165, 1.54) is 4.68 Å². The highest BCUT2D eigenvalue weighted by Crippen LogP contribution is 2.18. The predicted octanol–water partition coefficient (Wildman–Crippen LogP) is 0.784. The number of nitrogens with zero attached hydrogens (tertiary/aromatic N) is 2. The molecular formula is C7H10IN3O2. The summed E-state index contributed by atoms with van der Waals surface area (Å²) in [6.07, 6.45) is 0. The van der Waals surface area contributed by atoms with Gasteiger partial charge in [0, 0.05) is 7.05 Å². The van der Waals surface area contributed by atoms with E-state index in [0.717, 1.165) is 0 Å². The molecule has 6 heteroatoms. The van der Waals surface area contributed by atoms with Gasteiger partial charge in [-0.25, -0.2) is 4.79 Å². The zero-order valence-electron chi connectivity index (χ0n) is 7.37. The molecule has 0 aliphatic heterocycles. The Hall–Kier alpha value is -0.790. The lowest BCUT2D eigenvalue weighted by Gasteiger charge is -2.00. The van der Waals surface area contributed by atoms with Crippen LogP contribution in [0.5, 0.6) is 0 Å². The third-order valence-electron chi connectivity index (χ3n) is 1.53. The molecule has 0 amide bonds. The van der Waals surface area contributed by atoms with E-state index in [-0.39, 0.29) is 0 Å². The number of hydrogen-bond donors (Lipinski definition) is 1. The number of nitrogens with two attached hydrogens (primary N) is 1. The van der Waals surface area contributed by atoms with Crippen molar-refractivity contribution in [2.24, 2.45) is 7.05 Å². The lowest BCUT2D eigenvalue weighted by atomic mass is 10.3. The van der Waals surface area contributed by atoms with Gasteiger partial charge in [-0.05, 0) is 29.5 Å². The molecule has 0 aromatic carbocycles. The summed E-state index contributed by atoms with van der Waals surface area (Å²) in [7, 11) is 1.68. The van der Waals surface area contributed by atoms with Crippen LogP contribution in [0, 0.1) is 3.70 Å². The summed E-state index contributed by atoms with van der Waals surface area (Å²) in [5.41, 5.74) is 5.98. The maximum atomic E-state index is 11.3. The van der Waals surface area contributed by atoms with Crippen molar-refractivity contribution in [3.05, 3.63) is 9.26 Å². The molecule has 0 radical (unpaired) electrons. The van der Waals surface area contributed by atoms with Crippen LogP contribution >= 0.6 is 22.6 Å². The fourth-order valence-electron chi connectivity index (χ4n) is 0.895. The number of ether oxygens (including phenoxy) is 1. The monoisotopic (exact) mass is 295 g/mol. The normalized spacial score (nSPS) is 10.1. The summed E-state index contributed by atoms with van der Waals surface area (Å²) < 4.78 is 6.84. The van der Waals surface area contributed by atoms with Gasteiger partial charge in [-0.2, -0.15) is 5.10 Å². The Bertz CT molecular complexity index is 335. The van der Waals surface area contributed by atoms with Crippen LogP contribution in [0.4, 0.5) is 5.82 Å². The third-order valence-corrected chi connectivity index (χ3v) is 2.28. The lowest BCUT2D eigenvalue weighted by Crippen LogP contribution is -2.08. The van der Waals surface area contributed by atoms with Gasteiger partial charge in [0.1, 0.15) is 15.1 Å². The summed E-state index contributed by atoms with van der Waals surface area (Å²) in [5, 5.41) is 3.99. The van der Waals surface area contributed by atoms with E-state index in [9.17, 15) is 4.79 Å². The van der Waals surface area contributed by atoms with Crippen LogP contribution in [-0.4, -0.2) is 22.4 Å². The second-order valence-corrected chi connectivity index (χ2v) is 3.42. The highest BCUT2D eigenvalue weighted by atomic mass is 127. The lowest BCUT2D eigenvalue weighted by molar-refractivity contribution is 0.0526. The van der Waals surface area contributed by atoms with Gasteiger partial charge in [-0.3, -0.25) is 4.68 Å². The average Bonchev–Trinajstić information content (AvgIpc) is 2.27. The molecule has 0 saturated carbocycles. The largest absolute Gasteiger partial charge is 0.462 e. The van der Waals surface area contributed by atoms with Gasteiger partial charge in [-0.1, -0.05) is 0 Å². The molecular weight excluding hydrogens is 285 g/mol. The molecule has 72 valence electrons. The summed E-state index contributed by atoms with van der Waals surface area (Å²) in [6.45, 7) is 2.08. The fourth-order valence-corrected chi connectivity index (χ4v) is 1.72. The van der Waals surface area contributed by atoms with E-state index in [1.54, 1.807) is 14.0 Å². The predicted molar refractivity (Wildman–Crippen MR) is 56.3 cm³/mol. The third kappa shape index (κ3) is 1.93. The number of aryl methyl sites for hydroxylation is 1. The first-order valence-corrected chi connectivity index (χ1v) is 4.80. The number of nitrogen functional groups attached to an aromatic ring is 1. The average molecular weight is 295 g/mol. The maximum absolute atomic E-state index is 11.3. The van der Waals surface area contributed by atoms with Crippen LogP contribution in [0.25, 0.3) is 0 Å². The van der Waals surface area contributed by atoms with Crippen molar-refractivity contribution in [1.29, 1.82) is 0 Å². The van der Waals surface area contributed by atoms with E-state index in [0.29, 0.717) is 21.7 Å². The minimum absolute atomic E-state index is 0.336. The van der Waals surface area contributed by atoms with Gasteiger partial charge in [-0.15, -0.1) is 0 Å². The molecule has 0 saturated heterocycles. The molecule has 2 N–H and O–H groups in total. The van der Waals surface area contributed by atoms with Crippen molar-refractivity contribution in [3.8, 4) is 0 Å². The number of rotatable bonds is 2. The maximum Gasteiger partial charge on any atom is 0.344 e. The molecule has 0 aliphatic rings. The first-order valence-electron chi connectivity index (χ1n) is 3.73. The van der Waals surface area contributed by atoms with Gasteiger partial charge >= 0.3 is 5.97 Å². The summed E-state index contributed by atoms with van der Waals surface area (Å²) in [6, 6.07) is 0. The van der Waals surface area contributed by atoms with Crippen molar-refractivity contribution in [2.45, 2.75) is 6.92 Å². The molecule has 0 atom stereocenters. The van der Waals surface area contributed by atoms with E-state index in [2.05, 4.69) is 5.10 Å². The Labute approximate surface area is 89.4 Å². The highest BCUT2D eigenvalue weighted by Gasteiger charge is 2.19. The van der Waals surface area contributed by atoms with Crippen molar-refractivity contribution < 1.29 is 9.53 Å². The second kappa shape index (κ2) is 3.95. The number of hydrogen-bond acceptors (Lipinski definition) is 4. The quantitative estimate of drug-likeness (QED) is 0.646. The van der Waals surface area contributed by atoms with Crippen molar-refractivity contribution in [3.63, 3.8) is 0 Å². The Balaban J connectivity index is 3.06. The Kier molecular flexibility index (Phi) is 3.12. The van der Waals surface area contributed by atoms with Crippen molar-refractivity contribution in [2.75, 3.05) is 12.3 Å². The van der Waals surface area contributed by atoms with Gasteiger partial charge in [0.25, 0.3) is 0 Å². The zero-order chi connectivity index (χ0) is 10.0. The Morgan fingerprint density at radius 2 is 2.38 bits per heavy atom. The topological polar surface area (TPSA) is 70.1 Å². The summed E-state index contributed by atoms with van der Waals surface area (Å²) >= 11 is 1.95. The van der Waals surface area contributed by atoms with E-state index in [1.807, 2.05) is 22.6 Å². The van der Waals surface area contributed by atoms with Crippen LogP contribution in [0.15, 0.2) is 0 Å². The SMILES string of the molecule is CCOC(=O)c1c(I)nn(C)c1N. The molecule has 1 rings (SSSR count). The summed E-state index contributed by atoms with van der Waals surface area (Å²) in [5.74, 6) is -0.0830. The van der Waals surface area contributed by atoms with Crippen molar-refractivity contribution >= 4 is 34.4 Å². The standard InChI is InChI=1S/C7H10IN3O2/c1-3-13-7(12)4-5(8)10-11(2)6(4)9/h3,9H2,1-2H3. The molecule has 5 nitrogen and oxygen atoms in total. The smallest absolute Gasteiger partial charge is 0.344 e. The van der Waals surface area contributed by atoms with Gasteiger partial charge in [0.15, 0.2) is 0 Å². The van der Waals surface area contributed by atoms with E-state index in [4.69, 9.17) is 10.5 Å². The number of anilines is 1. The number of esters is 1. The molecule has 0 bridgehead atoms. The second-order valence-electron chi connectivity index (χ2n) is 2.40. The molecule has 0 fully saturated rings. The first kappa shape index (κ1) is 10.3. The first-order chi connectivity index (χ1) is 6.07. The number of halogens is 1. The van der Waals surface area contributed by atoms with Crippen LogP contribution in [0.2, 0.25) is 0 Å². The Morgan fingerprint density at radius 3 is 2.77 bits per heavy atom. The minimum Gasteiger partial charge on any atom is -0.462 e. The van der Waals surface area contributed by atoms with Gasteiger partial charge in [0.05, 0.1) is 6.61 Å². The van der Waals surface area contributed by atoms with Crippen LogP contribution < -0.4 is 5.73 Å². The molecule has 1 heterocycles. The van der Waals surface area contributed by atoms with Crippen molar-refractivity contribution in [1.82, 2.24) is 9.78 Å². The molecule has 0 spiro atoms. The number of carbonyl (C=O) groups is 1. The van der Waals surface area contributed by atoms with Crippen LogP contribution in [0.3, 0.4) is 0 Å². The van der Waals surface area contributed by atoms with E-state index >= 15 is 0 Å². The molecule has 1 aromatic heterocycles. The molecule has 0 aliphatic carbocycles. The van der Waals surface area contributed by atoms with Gasteiger partial charge in [0.2, 0.25) is 0 Å². The summed E-state index contributed by atoms with van der Waals surface area (Å²) in [4.78, 5) is 11.3. The fraction of sp³-hybridized carbons (Fsp3) is 0.429.